The van der Waals surface area contributed by atoms with Gasteiger partial charge in [0.05, 0.1) is 11.9 Å². The van der Waals surface area contributed by atoms with Crippen molar-refractivity contribution in [2.24, 2.45) is 0 Å². The predicted molar refractivity (Wildman–Crippen MR) is 142 cm³/mol. The molecule has 0 aliphatic heterocycles. The Morgan fingerprint density at radius 2 is 1.58 bits per heavy atom. The second kappa shape index (κ2) is 12.9. The standard InChI is InChI=1S/C27H38FN3O4S/c1-7-20(5)29-27(33)24(8-2)30(17-21-13-15-22(28)16-14-21)26(32)18-31(36(6,34)35)25-12-10-9-11-23(25)19(3)4/h9-16,19-20,24H,7-8,17-18H2,1-6H3,(H,29,33)/t20-,24-/m0/s1. The van der Waals surface area contributed by atoms with Crippen LogP contribution in [-0.4, -0.2) is 50.0 Å². The van der Waals surface area contributed by atoms with Crippen molar-refractivity contribution >= 4 is 27.5 Å². The number of carbonyl (C=O) groups is 2. The quantitative estimate of drug-likeness (QED) is 0.449. The average Bonchev–Trinajstić information content (AvgIpc) is 2.82. The van der Waals surface area contributed by atoms with Crippen LogP contribution in [-0.2, 0) is 26.2 Å². The fourth-order valence-corrected chi connectivity index (χ4v) is 4.81. The van der Waals surface area contributed by atoms with Crippen LogP contribution in [0, 0.1) is 5.82 Å². The second-order valence-corrected chi connectivity index (χ2v) is 11.3. The number of para-hydroxylation sites is 1. The van der Waals surface area contributed by atoms with Gasteiger partial charge in [-0.3, -0.25) is 13.9 Å². The number of benzene rings is 2. The Morgan fingerprint density at radius 1 is 0.972 bits per heavy atom. The molecule has 2 atom stereocenters. The Kier molecular flexibility index (Phi) is 10.5. The molecule has 0 fully saturated rings. The third kappa shape index (κ3) is 7.78. The minimum absolute atomic E-state index is 0.0283. The average molecular weight is 520 g/mol. The van der Waals surface area contributed by atoms with E-state index in [1.807, 2.05) is 39.8 Å². The van der Waals surface area contributed by atoms with Crippen molar-refractivity contribution < 1.29 is 22.4 Å². The number of anilines is 1. The monoisotopic (exact) mass is 519 g/mol. The second-order valence-electron chi connectivity index (χ2n) is 9.37. The maximum atomic E-state index is 13.8. The molecule has 7 nitrogen and oxygen atoms in total. The fourth-order valence-electron chi connectivity index (χ4n) is 3.94. The van der Waals surface area contributed by atoms with Gasteiger partial charge >= 0.3 is 0 Å². The third-order valence-corrected chi connectivity index (χ3v) is 7.29. The molecule has 0 radical (unpaired) electrons. The molecule has 198 valence electrons. The minimum Gasteiger partial charge on any atom is -0.352 e. The smallest absolute Gasteiger partial charge is 0.244 e. The summed E-state index contributed by atoms with van der Waals surface area (Å²) in [7, 11) is -3.82. The van der Waals surface area contributed by atoms with Crippen LogP contribution in [0.1, 0.15) is 64.5 Å². The normalized spacial score (nSPS) is 13.2. The Morgan fingerprint density at radius 3 is 2.11 bits per heavy atom. The van der Waals surface area contributed by atoms with Crippen LogP contribution in [0.5, 0.6) is 0 Å². The number of nitrogens with zero attached hydrogens (tertiary/aromatic N) is 2. The zero-order valence-electron chi connectivity index (χ0n) is 22.0. The van der Waals surface area contributed by atoms with Gasteiger partial charge in [-0.15, -0.1) is 0 Å². The first kappa shape index (κ1) is 29.3. The van der Waals surface area contributed by atoms with E-state index in [1.165, 1.54) is 17.0 Å². The lowest BCUT2D eigenvalue weighted by Gasteiger charge is -2.34. The lowest BCUT2D eigenvalue weighted by atomic mass is 10.0. The van der Waals surface area contributed by atoms with Crippen LogP contribution >= 0.6 is 0 Å². The van der Waals surface area contributed by atoms with E-state index in [0.717, 1.165) is 22.5 Å². The number of halogens is 1. The summed E-state index contributed by atoms with van der Waals surface area (Å²) in [5, 5.41) is 2.93. The molecule has 0 heterocycles. The molecule has 0 spiro atoms. The SMILES string of the molecule is CC[C@H](C)NC(=O)[C@H](CC)N(Cc1ccc(F)cc1)C(=O)CN(c1ccccc1C(C)C)S(C)(=O)=O. The number of amides is 2. The Hall–Kier alpha value is -2.94. The van der Waals surface area contributed by atoms with E-state index < -0.39 is 34.3 Å². The number of hydrogen-bond acceptors (Lipinski definition) is 4. The van der Waals surface area contributed by atoms with Crippen LogP contribution in [0.15, 0.2) is 48.5 Å². The lowest BCUT2D eigenvalue weighted by molar-refractivity contribution is -0.140. The van der Waals surface area contributed by atoms with Crippen LogP contribution < -0.4 is 9.62 Å². The summed E-state index contributed by atoms with van der Waals surface area (Å²) in [4.78, 5) is 28.3. The lowest BCUT2D eigenvalue weighted by Crippen LogP contribution is -2.53. The zero-order valence-corrected chi connectivity index (χ0v) is 22.8. The zero-order chi connectivity index (χ0) is 27.0. The molecule has 2 aromatic rings. The molecule has 36 heavy (non-hydrogen) atoms. The molecule has 0 bridgehead atoms. The molecule has 0 aliphatic rings. The largest absolute Gasteiger partial charge is 0.352 e. The first-order chi connectivity index (χ1) is 16.9. The summed E-state index contributed by atoms with van der Waals surface area (Å²) < 4.78 is 40.3. The summed E-state index contributed by atoms with van der Waals surface area (Å²) in [6.45, 7) is 9.11. The first-order valence-electron chi connectivity index (χ1n) is 12.3. The minimum atomic E-state index is -3.82. The van der Waals surface area contributed by atoms with Crippen LogP contribution in [0.3, 0.4) is 0 Å². The van der Waals surface area contributed by atoms with Gasteiger partial charge in [-0.2, -0.15) is 0 Å². The Bertz CT molecular complexity index is 1140. The highest BCUT2D eigenvalue weighted by Crippen LogP contribution is 2.29. The van der Waals surface area contributed by atoms with Gasteiger partial charge in [0.15, 0.2) is 0 Å². The highest BCUT2D eigenvalue weighted by molar-refractivity contribution is 7.92. The predicted octanol–water partition coefficient (Wildman–Crippen LogP) is 4.44. The highest BCUT2D eigenvalue weighted by Gasteiger charge is 2.32. The molecule has 0 saturated heterocycles. The first-order valence-corrected chi connectivity index (χ1v) is 14.1. The molecular formula is C27H38FN3O4S. The number of rotatable bonds is 12. The fraction of sp³-hybridized carbons (Fsp3) is 0.481. The molecule has 0 aromatic heterocycles. The molecule has 2 aromatic carbocycles. The van der Waals surface area contributed by atoms with Crippen molar-refractivity contribution in [3.8, 4) is 0 Å². The molecule has 2 rings (SSSR count). The van der Waals surface area contributed by atoms with E-state index in [0.29, 0.717) is 17.7 Å². The third-order valence-electron chi connectivity index (χ3n) is 6.16. The van der Waals surface area contributed by atoms with Crippen LogP contribution in [0.2, 0.25) is 0 Å². The van der Waals surface area contributed by atoms with E-state index >= 15 is 0 Å². The van der Waals surface area contributed by atoms with Crippen LogP contribution in [0.4, 0.5) is 10.1 Å². The van der Waals surface area contributed by atoms with Crippen LogP contribution in [0.25, 0.3) is 0 Å². The van der Waals surface area contributed by atoms with E-state index in [9.17, 15) is 22.4 Å². The summed E-state index contributed by atoms with van der Waals surface area (Å²) in [6, 6.07) is 11.9. The van der Waals surface area contributed by atoms with Gasteiger partial charge in [-0.1, -0.05) is 58.0 Å². The van der Waals surface area contributed by atoms with Crippen molar-refractivity contribution in [2.75, 3.05) is 17.1 Å². The summed E-state index contributed by atoms with van der Waals surface area (Å²) >= 11 is 0. The molecule has 2 amide bonds. The number of hydrogen-bond donors (Lipinski definition) is 1. The maximum absolute atomic E-state index is 13.8. The Labute approximate surface area is 214 Å². The molecule has 1 N–H and O–H groups in total. The van der Waals surface area contributed by atoms with Crippen molar-refractivity contribution in [1.29, 1.82) is 0 Å². The number of sulfonamides is 1. The number of nitrogens with one attached hydrogen (secondary N) is 1. The maximum Gasteiger partial charge on any atom is 0.244 e. The van der Waals surface area contributed by atoms with Gasteiger partial charge in [-0.05, 0) is 55.0 Å². The van der Waals surface area contributed by atoms with Gasteiger partial charge in [0.1, 0.15) is 18.4 Å². The topological polar surface area (TPSA) is 86.8 Å². The van der Waals surface area contributed by atoms with Gasteiger partial charge in [0.2, 0.25) is 21.8 Å². The van der Waals surface area contributed by atoms with Gasteiger partial charge < -0.3 is 10.2 Å². The van der Waals surface area contributed by atoms with E-state index in [-0.39, 0.29) is 24.4 Å². The van der Waals surface area contributed by atoms with Gasteiger partial charge in [-0.25, -0.2) is 12.8 Å². The molecule has 0 aliphatic carbocycles. The molecule has 9 heteroatoms. The Balaban J connectivity index is 2.49. The van der Waals surface area contributed by atoms with Crippen molar-refractivity contribution in [3.05, 3.63) is 65.5 Å². The van der Waals surface area contributed by atoms with E-state index in [2.05, 4.69) is 5.32 Å². The van der Waals surface area contributed by atoms with E-state index in [4.69, 9.17) is 0 Å². The molecular weight excluding hydrogens is 481 g/mol. The van der Waals surface area contributed by atoms with Gasteiger partial charge in [0, 0.05) is 12.6 Å². The van der Waals surface area contributed by atoms with E-state index in [1.54, 1.807) is 31.2 Å². The van der Waals surface area contributed by atoms with Gasteiger partial charge in [0.25, 0.3) is 0 Å². The highest BCUT2D eigenvalue weighted by atomic mass is 32.2. The van der Waals surface area contributed by atoms with Crippen molar-refractivity contribution in [3.63, 3.8) is 0 Å². The van der Waals surface area contributed by atoms with Crippen molar-refractivity contribution in [1.82, 2.24) is 10.2 Å². The van der Waals surface area contributed by atoms with Crippen molar-refractivity contribution in [2.45, 2.75) is 72.0 Å². The summed E-state index contributed by atoms with van der Waals surface area (Å²) in [6.07, 6.45) is 2.12. The summed E-state index contributed by atoms with van der Waals surface area (Å²) in [5.41, 5.74) is 1.86. The number of carbonyl (C=O) groups excluding carboxylic acids is 2. The summed E-state index contributed by atoms with van der Waals surface area (Å²) in [5.74, 6) is -1.21. The molecule has 0 saturated carbocycles. The molecule has 0 unspecified atom stereocenters.